The van der Waals surface area contributed by atoms with E-state index in [0.29, 0.717) is 33.5 Å². The van der Waals surface area contributed by atoms with Crippen molar-refractivity contribution in [2.24, 2.45) is 0 Å². The standard InChI is InChI=1S/C21H15NO3S/c1-11-12(2)26-10-18(11)21(25)22-13-7-8-16-17(9-13)20(24)15-6-4-3-5-14(15)19(16)23/h3-10H,1-2H3,(H,22,25). The first-order chi connectivity index (χ1) is 12.5. The van der Waals surface area contributed by atoms with Gasteiger partial charge in [-0.25, -0.2) is 0 Å². The van der Waals surface area contributed by atoms with Crippen LogP contribution in [0.15, 0.2) is 47.8 Å². The number of rotatable bonds is 2. The maximum Gasteiger partial charge on any atom is 0.256 e. The molecule has 0 fully saturated rings. The predicted octanol–water partition coefficient (Wildman–Crippen LogP) is 4.39. The fourth-order valence-electron chi connectivity index (χ4n) is 3.11. The van der Waals surface area contributed by atoms with E-state index < -0.39 is 0 Å². The Balaban J connectivity index is 1.70. The molecule has 0 saturated carbocycles. The van der Waals surface area contributed by atoms with Gasteiger partial charge in [0.25, 0.3) is 5.91 Å². The summed E-state index contributed by atoms with van der Waals surface area (Å²) in [5.74, 6) is -0.590. The average molecular weight is 361 g/mol. The van der Waals surface area contributed by atoms with Crippen molar-refractivity contribution in [1.82, 2.24) is 0 Å². The molecule has 5 heteroatoms. The molecule has 3 aromatic rings. The van der Waals surface area contributed by atoms with Crippen LogP contribution in [0.3, 0.4) is 0 Å². The zero-order chi connectivity index (χ0) is 18.4. The molecule has 1 aliphatic carbocycles. The van der Waals surface area contributed by atoms with Crippen LogP contribution in [-0.4, -0.2) is 17.5 Å². The summed E-state index contributed by atoms with van der Waals surface area (Å²) in [6.07, 6.45) is 0. The highest BCUT2D eigenvalue weighted by Gasteiger charge is 2.29. The van der Waals surface area contributed by atoms with Gasteiger partial charge < -0.3 is 5.32 Å². The zero-order valence-corrected chi connectivity index (χ0v) is 15.1. The van der Waals surface area contributed by atoms with Crippen LogP contribution in [0.4, 0.5) is 5.69 Å². The fourth-order valence-corrected chi connectivity index (χ4v) is 3.98. The highest BCUT2D eigenvalue weighted by molar-refractivity contribution is 7.10. The summed E-state index contributed by atoms with van der Waals surface area (Å²) in [6.45, 7) is 3.88. The van der Waals surface area contributed by atoms with Crippen LogP contribution in [0.1, 0.15) is 52.6 Å². The minimum atomic E-state index is -0.221. The first-order valence-corrected chi connectivity index (χ1v) is 9.04. The number of anilines is 1. The minimum Gasteiger partial charge on any atom is -0.322 e. The third-order valence-corrected chi connectivity index (χ3v) is 5.73. The number of thiophene rings is 1. The maximum atomic E-state index is 12.8. The lowest BCUT2D eigenvalue weighted by molar-refractivity contribution is 0.0979. The molecule has 1 amide bonds. The Morgan fingerprint density at radius 3 is 2.12 bits per heavy atom. The number of benzene rings is 2. The van der Waals surface area contributed by atoms with Gasteiger partial charge in [-0.1, -0.05) is 24.3 Å². The molecule has 26 heavy (non-hydrogen) atoms. The highest BCUT2D eigenvalue weighted by atomic mass is 32.1. The van der Waals surface area contributed by atoms with Gasteiger partial charge in [0.15, 0.2) is 11.6 Å². The van der Waals surface area contributed by atoms with E-state index in [4.69, 9.17) is 0 Å². The number of amides is 1. The van der Waals surface area contributed by atoms with Crippen molar-refractivity contribution in [2.75, 3.05) is 5.32 Å². The fraction of sp³-hybridized carbons (Fsp3) is 0.0952. The molecule has 0 saturated heterocycles. The third-order valence-electron chi connectivity index (χ3n) is 4.71. The molecule has 4 rings (SSSR count). The number of ketones is 2. The molecule has 4 nitrogen and oxygen atoms in total. The second-order valence-electron chi connectivity index (χ2n) is 6.25. The Morgan fingerprint density at radius 1 is 0.885 bits per heavy atom. The Kier molecular flexibility index (Phi) is 3.81. The number of carbonyl (C=O) groups excluding carboxylic acids is 3. The molecule has 0 radical (unpaired) electrons. The van der Waals surface area contributed by atoms with Gasteiger partial charge in [0.2, 0.25) is 0 Å². The topological polar surface area (TPSA) is 63.2 Å². The van der Waals surface area contributed by atoms with E-state index in [-0.39, 0.29) is 17.5 Å². The number of hydrogen-bond donors (Lipinski definition) is 1. The normalized spacial score (nSPS) is 12.5. The van der Waals surface area contributed by atoms with Crippen LogP contribution in [0.5, 0.6) is 0 Å². The maximum absolute atomic E-state index is 12.8. The van der Waals surface area contributed by atoms with E-state index in [1.54, 1.807) is 42.5 Å². The molecular formula is C21H15NO3S. The van der Waals surface area contributed by atoms with E-state index in [0.717, 1.165) is 10.4 Å². The number of carbonyl (C=O) groups is 3. The van der Waals surface area contributed by atoms with Gasteiger partial charge in [-0.3, -0.25) is 14.4 Å². The Labute approximate surface area is 154 Å². The Hall–Kier alpha value is -3.05. The van der Waals surface area contributed by atoms with Gasteiger partial charge in [-0.05, 0) is 37.6 Å². The molecule has 0 aliphatic heterocycles. The molecular weight excluding hydrogens is 346 g/mol. The van der Waals surface area contributed by atoms with Gasteiger partial charge in [0.1, 0.15) is 0 Å². The molecule has 1 N–H and O–H groups in total. The van der Waals surface area contributed by atoms with Crippen LogP contribution in [0.25, 0.3) is 0 Å². The molecule has 1 aliphatic rings. The number of aryl methyl sites for hydroxylation is 1. The van der Waals surface area contributed by atoms with E-state index >= 15 is 0 Å². The molecule has 0 unspecified atom stereocenters. The summed E-state index contributed by atoms with van der Waals surface area (Å²) < 4.78 is 0. The summed E-state index contributed by atoms with van der Waals surface area (Å²) >= 11 is 1.53. The van der Waals surface area contributed by atoms with E-state index in [9.17, 15) is 14.4 Å². The molecule has 128 valence electrons. The van der Waals surface area contributed by atoms with Crippen molar-refractivity contribution in [1.29, 1.82) is 0 Å². The van der Waals surface area contributed by atoms with Crippen LogP contribution >= 0.6 is 11.3 Å². The van der Waals surface area contributed by atoms with Crippen molar-refractivity contribution < 1.29 is 14.4 Å². The number of fused-ring (bicyclic) bond motifs is 2. The van der Waals surface area contributed by atoms with Crippen LogP contribution in [0, 0.1) is 13.8 Å². The van der Waals surface area contributed by atoms with Gasteiger partial charge in [-0.15, -0.1) is 11.3 Å². The van der Waals surface area contributed by atoms with E-state index in [2.05, 4.69) is 5.32 Å². The molecule has 2 aromatic carbocycles. The first kappa shape index (κ1) is 16.4. The largest absolute Gasteiger partial charge is 0.322 e. The van der Waals surface area contributed by atoms with Crippen molar-refractivity contribution in [3.05, 3.63) is 86.1 Å². The number of hydrogen-bond acceptors (Lipinski definition) is 4. The minimum absolute atomic E-state index is 0.169. The van der Waals surface area contributed by atoms with Crippen LogP contribution in [-0.2, 0) is 0 Å². The van der Waals surface area contributed by atoms with Gasteiger partial charge >= 0.3 is 0 Å². The van der Waals surface area contributed by atoms with Crippen molar-refractivity contribution >= 4 is 34.5 Å². The molecule has 1 aromatic heterocycles. The summed E-state index contributed by atoms with van der Waals surface area (Å²) in [7, 11) is 0. The SMILES string of the molecule is Cc1scc(C(=O)Nc2ccc3c(c2)C(=O)c2ccccc2C3=O)c1C. The lowest BCUT2D eigenvalue weighted by atomic mass is 9.84. The van der Waals surface area contributed by atoms with Crippen molar-refractivity contribution in [3.63, 3.8) is 0 Å². The quantitative estimate of drug-likeness (QED) is 0.576. The van der Waals surface area contributed by atoms with E-state index in [1.807, 2.05) is 19.2 Å². The smallest absolute Gasteiger partial charge is 0.256 e. The van der Waals surface area contributed by atoms with Crippen molar-refractivity contribution in [3.8, 4) is 0 Å². The summed E-state index contributed by atoms with van der Waals surface area (Å²) in [5.41, 5.74) is 3.59. The van der Waals surface area contributed by atoms with Crippen LogP contribution < -0.4 is 5.32 Å². The van der Waals surface area contributed by atoms with Crippen molar-refractivity contribution in [2.45, 2.75) is 13.8 Å². The second kappa shape index (κ2) is 6.04. The number of nitrogens with one attached hydrogen (secondary N) is 1. The summed E-state index contributed by atoms with van der Waals surface area (Å²) in [6, 6.07) is 11.6. The molecule has 1 heterocycles. The second-order valence-corrected chi connectivity index (χ2v) is 7.33. The summed E-state index contributed by atoms with van der Waals surface area (Å²) in [5, 5.41) is 4.65. The zero-order valence-electron chi connectivity index (χ0n) is 14.3. The monoisotopic (exact) mass is 361 g/mol. The lowest BCUT2D eigenvalue weighted by Gasteiger charge is -2.18. The van der Waals surface area contributed by atoms with Gasteiger partial charge in [-0.2, -0.15) is 0 Å². The van der Waals surface area contributed by atoms with Gasteiger partial charge in [0, 0.05) is 38.2 Å². The Morgan fingerprint density at radius 2 is 1.50 bits per heavy atom. The van der Waals surface area contributed by atoms with Crippen LogP contribution in [0.2, 0.25) is 0 Å². The third kappa shape index (κ3) is 2.48. The predicted molar refractivity (Wildman–Crippen MR) is 101 cm³/mol. The average Bonchev–Trinajstić information content (AvgIpc) is 2.98. The molecule has 0 bridgehead atoms. The highest BCUT2D eigenvalue weighted by Crippen LogP contribution is 2.29. The molecule has 0 spiro atoms. The van der Waals surface area contributed by atoms with E-state index in [1.165, 1.54) is 11.3 Å². The first-order valence-electron chi connectivity index (χ1n) is 8.16. The summed E-state index contributed by atoms with van der Waals surface area (Å²) in [4.78, 5) is 39.0. The Bertz CT molecular complexity index is 1090. The van der Waals surface area contributed by atoms with Gasteiger partial charge in [0.05, 0.1) is 5.56 Å². The molecule has 0 atom stereocenters. The lowest BCUT2D eigenvalue weighted by Crippen LogP contribution is -2.21.